The Hall–Kier alpha value is -1.35. The number of carbonyl (C=O) groups is 1. The first-order valence-electron chi connectivity index (χ1n) is 7.30. The second-order valence-corrected chi connectivity index (χ2v) is 5.65. The second-order valence-electron chi connectivity index (χ2n) is 5.65. The molecular formula is C16H21NO2. The molecule has 1 aromatic carbocycles. The first-order chi connectivity index (χ1) is 9.31. The van der Waals surface area contributed by atoms with Crippen molar-refractivity contribution in [3.63, 3.8) is 0 Å². The van der Waals surface area contributed by atoms with Gasteiger partial charge in [0.25, 0.3) is 0 Å². The van der Waals surface area contributed by atoms with E-state index in [1.165, 1.54) is 11.1 Å². The number of benzene rings is 1. The molecule has 1 aliphatic heterocycles. The van der Waals surface area contributed by atoms with Crippen LogP contribution in [0.4, 0.5) is 0 Å². The van der Waals surface area contributed by atoms with Gasteiger partial charge in [-0.15, -0.1) is 0 Å². The zero-order valence-electron chi connectivity index (χ0n) is 11.2. The number of aliphatic hydroxyl groups is 1. The fraction of sp³-hybridized carbons (Fsp3) is 0.562. The topological polar surface area (TPSA) is 40.5 Å². The quantitative estimate of drug-likeness (QED) is 0.883. The van der Waals surface area contributed by atoms with E-state index in [0.717, 1.165) is 38.6 Å². The minimum absolute atomic E-state index is 0.0112. The van der Waals surface area contributed by atoms with Crippen LogP contribution in [-0.4, -0.2) is 35.1 Å². The van der Waals surface area contributed by atoms with Crippen LogP contribution >= 0.6 is 0 Å². The maximum Gasteiger partial charge on any atom is 0.230 e. The van der Waals surface area contributed by atoms with Gasteiger partial charge in [0, 0.05) is 6.54 Å². The fourth-order valence-electron chi connectivity index (χ4n) is 3.53. The van der Waals surface area contributed by atoms with E-state index in [-0.39, 0.29) is 24.5 Å². The Balaban J connectivity index is 1.85. The van der Waals surface area contributed by atoms with Gasteiger partial charge < -0.3 is 10.0 Å². The van der Waals surface area contributed by atoms with Crippen LogP contribution in [0.3, 0.4) is 0 Å². The zero-order chi connectivity index (χ0) is 13.2. The minimum atomic E-state index is 0.0112. The molecule has 3 nitrogen and oxygen atoms in total. The van der Waals surface area contributed by atoms with Crippen LogP contribution in [0.5, 0.6) is 0 Å². The number of likely N-dealkylation sites (tertiary alicyclic amines) is 1. The molecule has 19 heavy (non-hydrogen) atoms. The van der Waals surface area contributed by atoms with E-state index in [2.05, 4.69) is 18.2 Å². The van der Waals surface area contributed by atoms with Crippen molar-refractivity contribution in [3.05, 3.63) is 35.4 Å². The van der Waals surface area contributed by atoms with Crippen LogP contribution in [0.15, 0.2) is 24.3 Å². The van der Waals surface area contributed by atoms with Crippen molar-refractivity contribution in [3.8, 4) is 0 Å². The molecule has 1 aliphatic carbocycles. The molecule has 0 saturated carbocycles. The number of hydrogen-bond donors (Lipinski definition) is 1. The normalized spacial score (nSPS) is 26.3. The molecule has 1 aromatic rings. The monoisotopic (exact) mass is 259 g/mol. The predicted molar refractivity (Wildman–Crippen MR) is 73.9 cm³/mol. The standard InChI is InChI=1S/C16H21NO2/c18-11-13-7-4-10-17(13)16(19)15-9-3-6-12-5-1-2-8-14(12)15/h1-2,5,8,13,15,18H,3-4,6-7,9-11H2/t13-,15?/m1/s1. The number of fused-ring (bicyclic) bond motifs is 1. The molecule has 2 aliphatic rings. The van der Waals surface area contributed by atoms with Crippen LogP contribution in [-0.2, 0) is 11.2 Å². The molecule has 1 saturated heterocycles. The molecule has 3 heteroatoms. The summed E-state index contributed by atoms with van der Waals surface area (Å²) in [4.78, 5) is 14.7. The third kappa shape index (κ3) is 2.27. The van der Waals surface area contributed by atoms with Gasteiger partial charge in [-0.2, -0.15) is 0 Å². The Kier molecular flexibility index (Phi) is 3.56. The Labute approximate surface area is 114 Å². The maximum atomic E-state index is 12.7. The largest absolute Gasteiger partial charge is 0.394 e. The highest BCUT2D eigenvalue weighted by Gasteiger charge is 2.35. The number of aryl methyl sites for hydroxylation is 1. The molecule has 1 unspecified atom stereocenters. The highest BCUT2D eigenvalue weighted by Crippen LogP contribution is 2.34. The van der Waals surface area contributed by atoms with E-state index in [1.807, 2.05) is 11.0 Å². The molecular weight excluding hydrogens is 238 g/mol. The molecule has 2 atom stereocenters. The first-order valence-corrected chi connectivity index (χ1v) is 7.30. The SMILES string of the molecule is O=C(C1CCCc2ccccc21)N1CCC[C@@H]1CO. The number of aliphatic hydroxyl groups excluding tert-OH is 1. The van der Waals surface area contributed by atoms with Crippen LogP contribution < -0.4 is 0 Å². The molecule has 102 valence electrons. The van der Waals surface area contributed by atoms with Crippen LogP contribution in [0.2, 0.25) is 0 Å². The number of rotatable bonds is 2. The Morgan fingerprint density at radius 1 is 1.26 bits per heavy atom. The van der Waals surface area contributed by atoms with Crippen molar-refractivity contribution in [1.29, 1.82) is 0 Å². The third-order valence-electron chi connectivity index (χ3n) is 4.54. The zero-order valence-corrected chi connectivity index (χ0v) is 11.2. The molecule has 0 spiro atoms. The lowest BCUT2D eigenvalue weighted by atomic mass is 9.82. The van der Waals surface area contributed by atoms with E-state index in [1.54, 1.807) is 0 Å². The molecule has 0 radical (unpaired) electrons. The summed E-state index contributed by atoms with van der Waals surface area (Å²) in [6.45, 7) is 0.906. The van der Waals surface area contributed by atoms with Crippen molar-refractivity contribution in [2.24, 2.45) is 0 Å². The van der Waals surface area contributed by atoms with Gasteiger partial charge in [0.05, 0.1) is 18.6 Å². The van der Waals surface area contributed by atoms with E-state index in [4.69, 9.17) is 0 Å². The van der Waals surface area contributed by atoms with Crippen LogP contribution in [0.25, 0.3) is 0 Å². The van der Waals surface area contributed by atoms with Gasteiger partial charge in [-0.3, -0.25) is 4.79 Å². The summed E-state index contributed by atoms with van der Waals surface area (Å²) in [5, 5.41) is 9.39. The van der Waals surface area contributed by atoms with Gasteiger partial charge in [-0.25, -0.2) is 0 Å². The van der Waals surface area contributed by atoms with Crippen LogP contribution in [0.1, 0.15) is 42.7 Å². The number of hydrogen-bond acceptors (Lipinski definition) is 2. The number of nitrogens with zero attached hydrogens (tertiary/aromatic N) is 1. The average molecular weight is 259 g/mol. The van der Waals surface area contributed by atoms with E-state index < -0.39 is 0 Å². The molecule has 1 fully saturated rings. The van der Waals surface area contributed by atoms with Crippen molar-refractivity contribution in [1.82, 2.24) is 4.90 Å². The van der Waals surface area contributed by atoms with Gasteiger partial charge in [-0.1, -0.05) is 24.3 Å². The molecule has 3 rings (SSSR count). The average Bonchev–Trinajstić information content (AvgIpc) is 2.94. The van der Waals surface area contributed by atoms with Crippen molar-refractivity contribution < 1.29 is 9.90 Å². The number of amides is 1. The molecule has 0 bridgehead atoms. The highest BCUT2D eigenvalue weighted by molar-refractivity contribution is 5.85. The Morgan fingerprint density at radius 3 is 2.95 bits per heavy atom. The summed E-state index contributed by atoms with van der Waals surface area (Å²) in [5.41, 5.74) is 2.54. The highest BCUT2D eigenvalue weighted by atomic mass is 16.3. The summed E-state index contributed by atoms with van der Waals surface area (Å²) in [6, 6.07) is 8.36. The molecule has 1 heterocycles. The predicted octanol–water partition coefficient (Wildman–Crippen LogP) is 2.09. The van der Waals surface area contributed by atoms with E-state index >= 15 is 0 Å². The van der Waals surface area contributed by atoms with Gasteiger partial charge in [-0.05, 0) is 43.2 Å². The first kappa shape index (κ1) is 12.7. The molecule has 1 N–H and O–H groups in total. The molecule has 0 aromatic heterocycles. The van der Waals surface area contributed by atoms with Gasteiger partial charge >= 0.3 is 0 Å². The Bertz CT molecular complexity index is 472. The smallest absolute Gasteiger partial charge is 0.230 e. The van der Waals surface area contributed by atoms with Gasteiger partial charge in [0.15, 0.2) is 0 Å². The Morgan fingerprint density at radius 2 is 2.11 bits per heavy atom. The maximum absolute atomic E-state index is 12.7. The van der Waals surface area contributed by atoms with Crippen molar-refractivity contribution >= 4 is 5.91 Å². The lowest BCUT2D eigenvalue weighted by molar-refractivity contribution is -0.134. The molecule has 1 amide bonds. The van der Waals surface area contributed by atoms with Gasteiger partial charge in [0.2, 0.25) is 5.91 Å². The van der Waals surface area contributed by atoms with Crippen LogP contribution in [0, 0.1) is 0 Å². The number of carbonyl (C=O) groups excluding carboxylic acids is 1. The fourth-order valence-corrected chi connectivity index (χ4v) is 3.53. The van der Waals surface area contributed by atoms with E-state index in [9.17, 15) is 9.90 Å². The second kappa shape index (κ2) is 5.33. The van der Waals surface area contributed by atoms with Gasteiger partial charge in [0.1, 0.15) is 0 Å². The summed E-state index contributed by atoms with van der Waals surface area (Å²) in [7, 11) is 0. The summed E-state index contributed by atoms with van der Waals surface area (Å²) in [6.07, 6.45) is 5.08. The third-order valence-corrected chi connectivity index (χ3v) is 4.54. The van der Waals surface area contributed by atoms with Crippen molar-refractivity contribution in [2.45, 2.75) is 44.1 Å². The lowest BCUT2D eigenvalue weighted by Crippen LogP contribution is -2.41. The summed E-state index contributed by atoms with van der Waals surface area (Å²) in [5.74, 6) is 0.237. The van der Waals surface area contributed by atoms with E-state index in [0.29, 0.717) is 0 Å². The minimum Gasteiger partial charge on any atom is -0.394 e. The van der Waals surface area contributed by atoms with Crippen molar-refractivity contribution in [2.75, 3.05) is 13.2 Å². The lowest BCUT2D eigenvalue weighted by Gasteiger charge is -2.31. The summed E-state index contributed by atoms with van der Waals surface area (Å²) >= 11 is 0. The summed E-state index contributed by atoms with van der Waals surface area (Å²) < 4.78 is 0.